The minimum absolute atomic E-state index is 0.138. The van der Waals surface area contributed by atoms with E-state index in [1.807, 2.05) is 6.92 Å². The quantitative estimate of drug-likeness (QED) is 0.764. The minimum Gasteiger partial charge on any atom is -0.467 e. The molecule has 2 amide bonds. The van der Waals surface area contributed by atoms with Crippen LogP contribution in [0.4, 0.5) is 4.79 Å². The van der Waals surface area contributed by atoms with Crippen molar-refractivity contribution in [2.24, 2.45) is 11.3 Å². The van der Waals surface area contributed by atoms with Gasteiger partial charge in [-0.25, -0.2) is 4.79 Å². The Bertz CT molecular complexity index is 597. The van der Waals surface area contributed by atoms with Crippen LogP contribution in [0.5, 0.6) is 0 Å². The number of nitrogens with one attached hydrogen (secondary N) is 2. The molecule has 1 aromatic rings. The summed E-state index contributed by atoms with van der Waals surface area (Å²) in [5.74, 6) is 0.997. The molecule has 1 saturated heterocycles. The van der Waals surface area contributed by atoms with E-state index in [-0.39, 0.29) is 23.5 Å². The predicted octanol–water partition coefficient (Wildman–Crippen LogP) is 2.74. The van der Waals surface area contributed by atoms with E-state index in [1.54, 1.807) is 18.4 Å². The Hall–Kier alpha value is -1.53. The highest BCUT2D eigenvalue weighted by atomic mass is 16.5. The number of fused-ring (bicyclic) bond motifs is 2. The molecule has 1 aromatic heterocycles. The number of aliphatic hydroxyl groups excluding tert-OH is 1. The number of aliphatic hydroxyl groups is 1. The number of urea groups is 1. The van der Waals surface area contributed by atoms with Gasteiger partial charge in [0, 0.05) is 36.4 Å². The standard InChI is InChI=1S/C19H28N2O4/c1-12(11-14(22)15-5-4-9-24-15)20-18(23)21-16-13-6-10-25-17(13)19(16)7-2-3-8-19/h4-5,9,12-14,16-17,22H,2-3,6-8,10-11H2,1H3,(H2,20,21,23). The lowest BCUT2D eigenvalue weighted by Gasteiger charge is -2.56. The molecule has 25 heavy (non-hydrogen) atoms. The fourth-order valence-corrected chi connectivity index (χ4v) is 5.30. The fraction of sp³-hybridized carbons (Fsp3) is 0.737. The largest absolute Gasteiger partial charge is 0.467 e. The lowest BCUT2D eigenvalue weighted by molar-refractivity contribution is -0.126. The van der Waals surface area contributed by atoms with Gasteiger partial charge < -0.3 is 24.9 Å². The van der Waals surface area contributed by atoms with E-state index in [0.29, 0.717) is 24.2 Å². The normalized spacial score (nSPS) is 32.0. The zero-order valence-electron chi connectivity index (χ0n) is 14.7. The SMILES string of the molecule is CC(CC(O)c1ccco1)NC(=O)NC1C2CCOC2C12CCCC2. The van der Waals surface area contributed by atoms with Crippen LogP contribution in [0, 0.1) is 11.3 Å². The molecule has 138 valence electrons. The van der Waals surface area contributed by atoms with Crippen LogP contribution < -0.4 is 10.6 Å². The van der Waals surface area contributed by atoms with Gasteiger partial charge in [0.2, 0.25) is 0 Å². The van der Waals surface area contributed by atoms with Crippen molar-refractivity contribution >= 4 is 6.03 Å². The first-order valence-electron chi connectivity index (χ1n) is 9.50. The molecule has 3 aliphatic rings. The molecule has 0 bridgehead atoms. The number of hydrogen-bond acceptors (Lipinski definition) is 4. The van der Waals surface area contributed by atoms with Gasteiger partial charge in [0.05, 0.1) is 12.4 Å². The van der Waals surface area contributed by atoms with Gasteiger partial charge >= 0.3 is 6.03 Å². The van der Waals surface area contributed by atoms with Gasteiger partial charge in [-0.3, -0.25) is 0 Å². The summed E-state index contributed by atoms with van der Waals surface area (Å²) >= 11 is 0. The summed E-state index contributed by atoms with van der Waals surface area (Å²) in [5, 5.41) is 16.3. The summed E-state index contributed by atoms with van der Waals surface area (Å²) in [6.45, 7) is 2.72. The zero-order valence-corrected chi connectivity index (χ0v) is 14.7. The molecule has 3 N–H and O–H groups in total. The van der Waals surface area contributed by atoms with Crippen molar-refractivity contribution in [2.45, 2.75) is 69.7 Å². The maximum Gasteiger partial charge on any atom is 0.315 e. The molecule has 2 aliphatic carbocycles. The van der Waals surface area contributed by atoms with Crippen molar-refractivity contribution < 1.29 is 19.1 Å². The van der Waals surface area contributed by atoms with E-state index in [2.05, 4.69) is 10.6 Å². The van der Waals surface area contributed by atoms with Crippen molar-refractivity contribution in [1.82, 2.24) is 10.6 Å². The number of furan rings is 1. The lowest BCUT2D eigenvalue weighted by atomic mass is 9.54. The van der Waals surface area contributed by atoms with Crippen LogP contribution in [0.3, 0.4) is 0 Å². The number of rotatable bonds is 5. The smallest absolute Gasteiger partial charge is 0.315 e. The van der Waals surface area contributed by atoms with Crippen molar-refractivity contribution in [2.75, 3.05) is 6.61 Å². The number of hydrogen-bond donors (Lipinski definition) is 3. The molecule has 6 heteroatoms. The van der Waals surface area contributed by atoms with Crippen LogP contribution in [0.2, 0.25) is 0 Å². The van der Waals surface area contributed by atoms with Gasteiger partial charge in [-0.1, -0.05) is 12.8 Å². The van der Waals surface area contributed by atoms with E-state index < -0.39 is 6.10 Å². The van der Waals surface area contributed by atoms with Gasteiger partial charge in [-0.05, 0) is 38.3 Å². The fourth-order valence-electron chi connectivity index (χ4n) is 5.30. The number of carbonyl (C=O) groups excluding carboxylic acids is 1. The van der Waals surface area contributed by atoms with Crippen molar-refractivity contribution in [3.63, 3.8) is 0 Å². The summed E-state index contributed by atoms with van der Waals surface area (Å²) in [6.07, 6.45) is 7.44. The summed E-state index contributed by atoms with van der Waals surface area (Å²) in [7, 11) is 0. The molecule has 1 spiro atoms. The lowest BCUT2D eigenvalue weighted by Crippen LogP contribution is -2.69. The first kappa shape index (κ1) is 16.9. The Morgan fingerprint density at radius 3 is 2.96 bits per heavy atom. The molecule has 1 aliphatic heterocycles. The first-order valence-corrected chi connectivity index (χ1v) is 9.50. The monoisotopic (exact) mass is 348 g/mol. The highest BCUT2D eigenvalue weighted by molar-refractivity contribution is 5.75. The second-order valence-corrected chi connectivity index (χ2v) is 7.95. The van der Waals surface area contributed by atoms with Crippen LogP contribution in [0.15, 0.2) is 22.8 Å². The number of amides is 2. The van der Waals surface area contributed by atoms with Crippen LogP contribution in [0.1, 0.15) is 57.3 Å². The molecular formula is C19H28N2O4. The Morgan fingerprint density at radius 2 is 2.24 bits per heavy atom. The molecule has 6 nitrogen and oxygen atoms in total. The molecule has 3 fully saturated rings. The predicted molar refractivity (Wildman–Crippen MR) is 92.0 cm³/mol. The topological polar surface area (TPSA) is 83.7 Å². The Morgan fingerprint density at radius 1 is 1.44 bits per heavy atom. The second kappa shape index (κ2) is 6.65. The molecule has 2 saturated carbocycles. The van der Waals surface area contributed by atoms with E-state index in [4.69, 9.17) is 9.15 Å². The molecule has 5 atom stereocenters. The molecule has 2 heterocycles. The molecule has 5 unspecified atom stereocenters. The van der Waals surface area contributed by atoms with Crippen molar-refractivity contribution in [3.05, 3.63) is 24.2 Å². The molecule has 0 radical (unpaired) electrons. The third-order valence-electron chi connectivity index (χ3n) is 6.40. The van der Waals surface area contributed by atoms with Crippen LogP contribution in [-0.4, -0.2) is 35.9 Å². The molecule has 4 rings (SSSR count). The maximum atomic E-state index is 12.5. The van der Waals surface area contributed by atoms with Crippen LogP contribution in [-0.2, 0) is 4.74 Å². The highest BCUT2D eigenvalue weighted by Crippen LogP contribution is 2.60. The minimum atomic E-state index is -0.706. The summed E-state index contributed by atoms with van der Waals surface area (Å²) in [6, 6.07) is 3.44. The third kappa shape index (κ3) is 2.95. The van der Waals surface area contributed by atoms with Crippen molar-refractivity contribution in [1.29, 1.82) is 0 Å². The first-order chi connectivity index (χ1) is 12.1. The van der Waals surface area contributed by atoms with E-state index in [1.165, 1.54) is 12.8 Å². The van der Waals surface area contributed by atoms with Crippen LogP contribution >= 0.6 is 0 Å². The number of ether oxygens (including phenoxy) is 1. The Balaban J connectivity index is 1.31. The highest BCUT2D eigenvalue weighted by Gasteiger charge is 2.65. The van der Waals surface area contributed by atoms with Gasteiger partial charge in [0.15, 0.2) is 0 Å². The van der Waals surface area contributed by atoms with Crippen LogP contribution in [0.25, 0.3) is 0 Å². The summed E-state index contributed by atoms with van der Waals surface area (Å²) < 4.78 is 11.2. The average molecular weight is 348 g/mol. The average Bonchev–Trinajstić information content (AvgIpc) is 3.32. The van der Waals surface area contributed by atoms with Gasteiger partial charge in [-0.15, -0.1) is 0 Å². The van der Waals surface area contributed by atoms with E-state index in [9.17, 15) is 9.90 Å². The molecule has 0 aromatic carbocycles. The second-order valence-electron chi connectivity index (χ2n) is 7.95. The zero-order chi connectivity index (χ0) is 17.4. The third-order valence-corrected chi connectivity index (χ3v) is 6.40. The van der Waals surface area contributed by atoms with Gasteiger partial charge in [0.1, 0.15) is 11.9 Å². The van der Waals surface area contributed by atoms with E-state index in [0.717, 1.165) is 25.9 Å². The number of carbonyl (C=O) groups is 1. The maximum absolute atomic E-state index is 12.5. The van der Waals surface area contributed by atoms with Gasteiger partial charge in [0.25, 0.3) is 0 Å². The Kier molecular flexibility index (Phi) is 4.50. The molecular weight excluding hydrogens is 320 g/mol. The van der Waals surface area contributed by atoms with E-state index >= 15 is 0 Å². The van der Waals surface area contributed by atoms with Gasteiger partial charge in [-0.2, -0.15) is 0 Å². The van der Waals surface area contributed by atoms with Crippen molar-refractivity contribution in [3.8, 4) is 0 Å². The Labute approximate surface area is 148 Å². The summed E-state index contributed by atoms with van der Waals surface area (Å²) in [5.41, 5.74) is 0.162. The summed E-state index contributed by atoms with van der Waals surface area (Å²) in [4.78, 5) is 12.5.